The van der Waals surface area contributed by atoms with Crippen LogP contribution in [-0.4, -0.2) is 25.8 Å². The van der Waals surface area contributed by atoms with E-state index >= 15 is 0 Å². The molecule has 3 nitrogen and oxygen atoms in total. The van der Waals surface area contributed by atoms with Gasteiger partial charge in [-0.25, -0.2) is 0 Å². The molecular weight excluding hydrogens is 235 g/mol. The summed E-state index contributed by atoms with van der Waals surface area (Å²) in [5.41, 5.74) is -0.546. The number of alkyl halides is 3. The summed E-state index contributed by atoms with van der Waals surface area (Å²) in [7, 11) is 2.99. The molecule has 0 saturated carbocycles. The molecule has 6 heteroatoms. The quantitative estimate of drug-likeness (QED) is 0.859. The fraction of sp³-hybridized carbons (Fsp3) is 0.455. The predicted molar refractivity (Wildman–Crippen MR) is 57.3 cm³/mol. The van der Waals surface area contributed by atoms with Gasteiger partial charge in [-0.15, -0.1) is 0 Å². The van der Waals surface area contributed by atoms with Crippen molar-refractivity contribution in [2.24, 2.45) is 0 Å². The number of phenolic OH excluding ortho intramolecular Hbond substituents is 1. The van der Waals surface area contributed by atoms with Crippen molar-refractivity contribution < 1.29 is 23.0 Å². The van der Waals surface area contributed by atoms with Crippen molar-refractivity contribution in [3.05, 3.63) is 23.3 Å². The zero-order valence-corrected chi connectivity index (χ0v) is 9.56. The lowest BCUT2D eigenvalue weighted by Gasteiger charge is -2.14. The molecule has 1 aromatic rings. The third-order valence-electron chi connectivity index (χ3n) is 2.36. The number of methoxy groups -OCH3 is 1. The van der Waals surface area contributed by atoms with Gasteiger partial charge in [-0.2, -0.15) is 13.2 Å². The molecule has 1 rings (SSSR count). The number of likely N-dealkylation sites (N-methyl/N-ethyl adjacent to an activating group) is 1. The number of hydrogen-bond acceptors (Lipinski definition) is 3. The van der Waals surface area contributed by atoms with E-state index in [4.69, 9.17) is 4.74 Å². The zero-order valence-electron chi connectivity index (χ0n) is 9.56. The fourth-order valence-corrected chi connectivity index (χ4v) is 1.48. The highest BCUT2D eigenvalue weighted by molar-refractivity contribution is 5.48. The second-order valence-electron chi connectivity index (χ2n) is 3.53. The maximum atomic E-state index is 12.5. The van der Waals surface area contributed by atoms with Gasteiger partial charge in [-0.05, 0) is 32.1 Å². The van der Waals surface area contributed by atoms with Gasteiger partial charge in [0.15, 0.2) is 0 Å². The SMILES string of the molecule is CNCCc1c(O)cc(C(F)(F)F)cc1OC. The van der Waals surface area contributed by atoms with Crippen LogP contribution in [0.3, 0.4) is 0 Å². The highest BCUT2D eigenvalue weighted by Crippen LogP contribution is 2.37. The normalized spacial score (nSPS) is 11.6. The molecule has 0 fully saturated rings. The standard InChI is InChI=1S/C11H14F3NO2/c1-15-4-3-8-9(16)5-7(11(12,13)14)6-10(8)17-2/h5-6,15-16H,3-4H2,1-2H3. The van der Waals surface area contributed by atoms with Crippen LogP contribution in [0.4, 0.5) is 13.2 Å². The van der Waals surface area contributed by atoms with Crippen molar-refractivity contribution in [2.45, 2.75) is 12.6 Å². The molecule has 0 heterocycles. The van der Waals surface area contributed by atoms with Gasteiger partial charge in [-0.3, -0.25) is 0 Å². The van der Waals surface area contributed by atoms with Crippen LogP contribution in [0.2, 0.25) is 0 Å². The first kappa shape index (κ1) is 13.6. The molecule has 0 bridgehead atoms. The number of phenols is 1. The Balaban J connectivity index is 3.16. The van der Waals surface area contributed by atoms with Crippen LogP contribution in [0, 0.1) is 0 Å². The summed E-state index contributed by atoms with van der Waals surface area (Å²) < 4.78 is 42.3. The van der Waals surface area contributed by atoms with Crippen LogP contribution < -0.4 is 10.1 Å². The van der Waals surface area contributed by atoms with Gasteiger partial charge in [-0.1, -0.05) is 0 Å². The Morgan fingerprint density at radius 2 is 2.00 bits per heavy atom. The van der Waals surface area contributed by atoms with E-state index in [2.05, 4.69) is 5.32 Å². The van der Waals surface area contributed by atoms with Gasteiger partial charge in [0.2, 0.25) is 0 Å². The minimum atomic E-state index is -4.49. The van der Waals surface area contributed by atoms with Crippen molar-refractivity contribution in [1.29, 1.82) is 0 Å². The zero-order chi connectivity index (χ0) is 13.1. The summed E-state index contributed by atoms with van der Waals surface area (Å²) in [6.07, 6.45) is -4.10. The maximum absolute atomic E-state index is 12.5. The molecule has 0 aliphatic heterocycles. The lowest BCUT2D eigenvalue weighted by Crippen LogP contribution is -2.12. The monoisotopic (exact) mass is 249 g/mol. The molecule has 96 valence electrons. The van der Waals surface area contributed by atoms with E-state index in [0.29, 0.717) is 24.6 Å². The topological polar surface area (TPSA) is 41.5 Å². The van der Waals surface area contributed by atoms with Crippen LogP contribution in [-0.2, 0) is 12.6 Å². The number of aromatic hydroxyl groups is 1. The van der Waals surface area contributed by atoms with E-state index in [9.17, 15) is 18.3 Å². The highest BCUT2D eigenvalue weighted by atomic mass is 19.4. The smallest absolute Gasteiger partial charge is 0.416 e. The summed E-state index contributed by atoms with van der Waals surface area (Å²) in [6, 6.07) is 1.61. The van der Waals surface area contributed by atoms with Gasteiger partial charge >= 0.3 is 6.18 Å². The molecule has 0 amide bonds. The van der Waals surface area contributed by atoms with E-state index in [0.717, 1.165) is 6.07 Å². The second-order valence-corrected chi connectivity index (χ2v) is 3.53. The summed E-state index contributed by atoms with van der Waals surface area (Å²) in [4.78, 5) is 0. The average molecular weight is 249 g/mol. The average Bonchev–Trinajstić information content (AvgIpc) is 2.25. The van der Waals surface area contributed by atoms with E-state index in [1.807, 2.05) is 0 Å². The van der Waals surface area contributed by atoms with Crippen LogP contribution >= 0.6 is 0 Å². The van der Waals surface area contributed by atoms with Crippen LogP contribution in [0.5, 0.6) is 11.5 Å². The number of hydrogen-bond donors (Lipinski definition) is 2. The molecule has 0 atom stereocenters. The largest absolute Gasteiger partial charge is 0.508 e. The van der Waals surface area contributed by atoms with Crippen molar-refractivity contribution in [2.75, 3.05) is 20.7 Å². The van der Waals surface area contributed by atoms with Crippen molar-refractivity contribution >= 4 is 0 Å². The molecule has 0 aliphatic rings. The summed E-state index contributed by atoms with van der Waals surface area (Å²) in [5.74, 6) is -0.348. The van der Waals surface area contributed by atoms with Gasteiger partial charge < -0.3 is 15.2 Å². The number of halogens is 3. The van der Waals surface area contributed by atoms with Crippen LogP contribution in [0.25, 0.3) is 0 Å². The number of ether oxygens (including phenoxy) is 1. The molecule has 0 saturated heterocycles. The minimum absolute atomic E-state index is 0.0487. The molecule has 0 aromatic heterocycles. The van der Waals surface area contributed by atoms with Crippen molar-refractivity contribution in [3.63, 3.8) is 0 Å². The Morgan fingerprint density at radius 1 is 1.35 bits per heavy atom. The molecule has 2 N–H and O–H groups in total. The van der Waals surface area contributed by atoms with Crippen LogP contribution in [0.1, 0.15) is 11.1 Å². The Labute approximate surface area is 97.2 Å². The lowest BCUT2D eigenvalue weighted by atomic mass is 10.1. The molecule has 1 aromatic carbocycles. The Kier molecular flexibility index (Phi) is 4.22. The van der Waals surface area contributed by atoms with E-state index in [-0.39, 0.29) is 5.75 Å². The molecular formula is C11H14F3NO2. The molecule has 0 radical (unpaired) electrons. The van der Waals surface area contributed by atoms with Gasteiger partial charge in [0.25, 0.3) is 0 Å². The fourth-order valence-electron chi connectivity index (χ4n) is 1.48. The van der Waals surface area contributed by atoms with E-state index < -0.39 is 17.5 Å². The lowest BCUT2D eigenvalue weighted by molar-refractivity contribution is -0.137. The van der Waals surface area contributed by atoms with Crippen molar-refractivity contribution in [1.82, 2.24) is 5.32 Å². The molecule has 0 unspecified atom stereocenters. The van der Waals surface area contributed by atoms with Gasteiger partial charge in [0, 0.05) is 5.56 Å². The first-order valence-corrected chi connectivity index (χ1v) is 5.01. The van der Waals surface area contributed by atoms with Crippen LogP contribution in [0.15, 0.2) is 12.1 Å². The van der Waals surface area contributed by atoms with Crippen molar-refractivity contribution in [3.8, 4) is 11.5 Å². The Hall–Kier alpha value is -1.43. The second kappa shape index (κ2) is 5.27. The molecule has 17 heavy (non-hydrogen) atoms. The van der Waals surface area contributed by atoms with E-state index in [1.54, 1.807) is 7.05 Å². The first-order valence-electron chi connectivity index (χ1n) is 5.01. The summed E-state index contributed by atoms with van der Waals surface area (Å²) in [5, 5.41) is 12.4. The Morgan fingerprint density at radius 3 is 2.47 bits per heavy atom. The third kappa shape index (κ3) is 3.26. The molecule has 0 spiro atoms. The summed E-state index contributed by atoms with van der Waals surface area (Å²) in [6.45, 7) is 0.537. The molecule has 0 aliphatic carbocycles. The van der Waals surface area contributed by atoms with Gasteiger partial charge in [0.1, 0.15) is 11.5 Å². The number of nitrogens with one attached hydrogen (secondary N) is 1. The maximum Gasteiger partial charge on any atom is 0.416 e. The Bertz CT molecular complexity index is 391. The van der Waals surface area contributed by atoms with Gasteiger partial charge in [0.05, 0.1) is 12.7 Å². The number of benzene rings is 1. The van der Waals surface area contributed by atoms with E-state index in [1.165, 1.54) is 7.11 Å². The number of rotatable bonds is 4. The predicted octanol–water partition coefficient (Wildman–Crippen LogP) is 2.18. The minimum Gasteiger partial charge on any atom is -0.508 e. The summed E-state index contributed by atoms with van der Waals surface area (Å²) >= 11 is 0. The highest BCUT2D eigenvalue weighted by Gasteiger charge is 2.32. The first-order chi connectivity index (χ1) is 7.90. The third-order valence-corrected chi connectivity index (χ3v) is 2.36.